The number of carbonyl (C=O) groups is 2. The van der Waals surface area contributed by atoms with Crippen LogP contribution >= 0.6 is 0 Å². The van der Waals surface area contributed by atoms with Gasteiger partial charge in [0.05, 0.1) is 0 Å². The fourth-order valence-electron chi connectivity index (χ4n) is 2.69. The van der Waals surface area contributed by atoms with Gasteiger partial charge >= 0.3 is 11.8 Å². The third kappa shape index (κ3) is 7.51. The van der Waals surface area contributed by atoms with Crippen LogP contribution in [-0.2, 0) is 9.59 Å². The van der Waals surface area contributed by atoms with Gasteiger partial charge in [-0.05, 0) is 19.3 Å². The molecule has 0 aromatic carbocycles. The molecule has 4 nitrogen and oxygen atoms in total. The van der Waals surface area contributed by atoms with E-state index in [1.165, 1.54) is 32.1 Å². The number of hydrogen-bond donors (Lipinski definition) is 2. The first kappa shape index (κ1) is 17.0. The average Bonchev–Trinajstić information content (AvgIpc) is 2.47. The molecular weight excluding hydrogens is 252 g/mol. The number of nitrogens with one attached hydrogen (secondary N) is 2. The third-order valence-corrected chi connectivity index (χ3v) is 3.96. The Bertz CT molecular complexity index is 286. The van der Waals surface area contributed by atoms with Crippen LogP contribution in [0.5, 0.6) is 0 Å². The fraction of sp³-hybridized carbons (Fsp3) is 0.875. The van der Waals surface area contributed by atoms with Crippen molar-refractivity contribution in [3.8, 4) is 0 Å². The largest absolute Gasteiger partial charge is 0.348 e. The lowest BCUT2D eigenvalue weighted by Crippen LogP contribution is -2.45. The predicted molar refractivity (Wildman–Crippen MR) is 81.4 cm³/mol. The van der Waals surface area contributed by atoms with Gasteiger partial charge in [0.25, 0.3) is 0 Å². The summed E-state index contributed by atoms with van der Waals surface area (Å²) in [6, 6.07) is 0.205. The van der Waals surface area contributed by atoms with E-state index < -0.39 is 11.8 Å². The molecule has 0 aromatic heterocycles. The molecule has 0 saturated heterocycles. The summed E-state index contributed by atoms with van der Waals surface area (Å²) in [7, 11) is 0. The molecule has 0 unspecified atom stereocenters. The van der Waals surface area contributed by atoms with Gasteiger partial charge in [-0.2, -0.15) is 0 Å². The van der Waals surface area contributed by atoms with E-state index in [-0.39, 0.29) is 6.04 Å². The van der Waals surface area contributed by atoms with Gasteiger partial charge in [0, 0.05) is 12.6 Å². The van der Waals surface area contributed by atoms with Crippen molar-refractivity contribution >= 4 is 11.8 Å². The molecule has 2 N–H and O–H groups in total. The zero-order valence-corrected chi connectivity index (χ0v) is 12.9. The summed E-state index contributed by atoms with van der Waals surface area (Å²) in [5.41, 5.74) is 0. The SMILES string of the molecule is CCCCCCCCNC(=O)C(=O)NC1CCCCC1. The first-order valence-corrected chi connectivity index (χ1v) is 8.32. The molecule has 0 radical (unpaired) electrons. The highest BCUT2D eigenvalue weighted by atomic mass is 16.2. The number of rotatable bonds is 8. The molecule has 0 spiro atoms. The van der Waals surface area contributed by atoms with Gasteiger partial charge < -0.3 is 10.6 Å². The molecule has 1 rings (SSSR count). The second-order valence-corrected chi connectivity index (χ2v) is 5.83. The van der Waals surface area contributed by atoms with Gasteiger partial charge in [-0.15, -0.1) is 0 Å². The first-order valence-electron chi connectivity index (χ1n) is 8.32. The smallest absolute Gasteiger partial charge is 0.309 e. The van der Waals surface area contributed by atoms with Crippen LogP contribution < -0.4 is 10.6 Å². The Morgan fingerprint density at radius 3 is 2.25 bits per heavy atom. The van der Waals surface area contributed by atoms with E-state index in [0.717, 1.165) is 38.5 Å². The monoisotopic (exact) mass is 282 g/mol. The Kier molecular flexibility index (Phi) is 9.09. The van der Waals surface area contributed by atoms with Crippen LogP contribution in [-0.4, -0.2) is 24.4 Å². The van der Waals surface area contributed by atoms with E-state index in [1.807, 2.05) is 0 Å². The van der Waals surface area contributed by atoms with Crippen molar-refractivity contribution in [3.63, 3.8) is 0 Å². The van der Waals surface area contributed by atoms with E-state index in [0.29, 0.717) is 6.54 Å². The molecule has 1 aliphatic carbocycles. The molecule has 116 valence electrons. The van der Waals surface area contributed by atoms with Gasteiger partial charge in [-0.3, -0.25) is 9.59 Å². The maximum absolute atomic E-state index is 11.7. The molecule has 2 amide bonds. The highest BCUT2D eigenvalue weighted by Gasteiger charge is 2.19. The Morgan fingerprint density at radius 2 is 1.55 bits per heavy atom. The van der Waals surface area contributed by atoms with Crippen LogP contribution in [0, 0.1) is 0 Å². The molecule has 4 heteroatoms. The van der Waals surface area contributed by atoms with E-state index in [9.17, 15) is 9.59 Å². The molecule has 1 fully saturated rings. The van der Waals surface area contributed by atoms with Crippen LogP contribution in [0.4, 0.5) is 0 Å². The number of hydrogen-bond acceptors (Lipinski definition) is 2. The summed E-state index contributed by atoms with van der Waals surface area (Å²) in [6.45, 7) is 2.81. The predicted octanol–water partition coefficient (Wildman–Crippen LogP) is 2.91. The first-order chi connectivity index (χ1) is 9.74. The van der Waals surface area contributed by atoms with Crippen molar-refractivity contribution in [1.29, 1.82) is 0 Å². The quantitative estimate of drug-likeness (QED) is 0.531. The van der Waals surface area contributed by atoms with Gasteiger partial charge in [0.1, 0.15) is 0 Å². The number of carbonyl (C=O) groups excluding carboxylic acids is 2. The summed E-state index contributed by atoms with van der Waals surface area (Å²) in [5, 5.41) is 5.55. The topological polar surface area (TPSA) is 58.2 Å². The molecule has 0 aromatic rings. The fourth-order valence-corrected chi connectivity index (χ4v) is 2.69. The molecular formula is C16H30N2O2. The summed E-state index contributed by atoms with van der Waals surface area (Å²) in [5.74, 6) is -0.924. The standard InChI is InChI=1S/C16H30N2O2/c1-2-3-4-5-6-10-13-17-15(19)16(20)18-14-11-8-7-9-12-14/h14H,2-13H2,1H3,(H,17,19)(H,18,20). The second-order valence-electron chi connectivity index (χ2n) is 5.83. The maximum Gasteiger partial charge on any atom is 0.309 e. The Morgan fingerprint density at radius 1 is 0.900 bits per heavy atom. The van der Waals surface area contributed by atoms with Crippen molar-refractivity contribution in [2.45, 2.75) is 83.6 Å². The molecule has 0 bridgehead atoms. The highest BCUT2D eigenvalue weighted by Crippen LogP contribution is 2.17. The minimum Gasteiger partial charge on any atom is -0.348 e. The molecule has 0 atom stereocenters. The molecule has 0 heterocycles. The minimum absolute atomic E-state index is 0.205. The van der Waals surface area contributed by atoms with Gasteiger partial charge in [0.2, 0.25) is 0 Å². The zero-order valence-electron chi connectivity index (χ0n) is 12.9. The van der Waals surface area contributed by atoms with Crippen LogP contribution in [0.3, 0.4) is 0 Å². The lowest BCUT2D eigenvalue weighted by atomic mass is 9.95. The van der Waals surface area contributed by atoms with Crippen LogP contribution in [0.15, 0.2) is 0 Å². The maximum atomic E-state index is 11.7. The van der Waals surface area contributed by atoms with Crippen LogP contribution in [0.2, 0.25) is 0 Å². The third-order valence-electron chi connectivity index (χ3n) is 3.96. The Balaban J connectivity index is 2.01. The van der Waals surface area contributed by atoms with Gasteiger partial charge in [0.15, 0.2) is 0 Å². The molecule has 20 heavy (non-hydrogen) atoms. The summed E-state index contributed by atoms with van der Waals surface area (Å²) >= 11 is 0. The van der Waals surface area contributed by atoms with E-state index in [1.54, 1.807) is 0 Å². The van der Waals surface area contributed by atoms with Crippen molar-refractivity contribution in [3.05, 3.63) is 0 Å². The normalized spacial score (nSPS) is 15.8. The number of unbranched alkanes of at least 4 members (excludes halogenated alkanes) is 5. The second kappa shape index (κ2) is 10.7. The number of amides is 2. The average molecular weight is 282 g/mol. The van der Waals surface area contributed by atoms with E-state index in [4.69, 9.17) is 0 Å². The lowest BCUT2D eigenvalue weighted by molar-refractivity contribution is -0.139. The molecule has 1 aliphatic rings. The van der Waals surface area contributed by atoms with Crippen molar-refractivity contribution < 1.29 is 9.59 Å². The zero-order chi connectivity index (χ0) is 14.6. The minimum atomic E-state index is -0.468. The van der Waals surface area contributed by atoms with Crippen molar-refractivity contribution in [2.24, 2.45) is 0 Å². The van der Waals surface area contributed by atoms with Crippen LogP contribution in [0.25, 0.3) is 0 Å². The van der Waals surface area contributed by atoms with E-state index >= 15 is 0 Å². The van der Waals surface area contributed by atoms with Gasteiger partial charge in [-0.1, -0.05) is 58.3 Å². The Hall–Kier alpha value is -1.06. The molecule has 0 aliphatic heterocycles. The summed E-state index contributed by atoms with van der Waals surface area (Å²) in [6.07, 6.45) is 12.7. The van der Waals surface area contributed by atoms with E-state index in [2.05, 4.69) is 17.6 Å². The van der Waals surface area contributed by atoms with Crippen molar-refractivity contribution in [1.82, 2.24) is 10.6 Å². The van der Waals surface area contributed by atoms with Crippen LogP contribution in [0.1, 0.15) is 77.6 Å². The highest BCUT2D eigenvalue weighted by molar-refractivity contribution is 6.35. The summed E-state index contributed by atoms with van der Waals surface area (Å²) in [4.78, 5) is 23.3. The Labute approximate surface area is 123 Å². The van der Waals surface area contributed by atoms with Crippen molar-refractivity contribution in [2.75, 3.05) is 6.54 Å². The van der Waals surface area contributed by atoms with Gasteiger partial charge in [-0.25, -0.2) is 0 Å². The summed E-state index contributed by atoms with van der Waals surface area (Å²) < 4.78 is 0. The molecule has 1 saturated carbocycles. The lowest BCUT2D eigenvalue weighted by Gasteiger charge is -2.22.